The molecule has 0 aliphatic heterocycles. The lowest BCUT2D eigenvalue weighted by atomic mass is 9.97. The zero-order valence-electron chi connectivity index (χ0n) is 9.24. The predicted octanol–water partition coefficient (Wildman–Crippen LogP) is 1.86. The van der Waals surface area contributed by atoms with Crippen molar-refractivity contribution in [3.63, 3.8) is 0 Å². The van der Waals surface area contributed by atoms with E-state index in [0.717, 1.165) is 19.0 Å². The molecule has 4 nitrogen and oxygen atoms in total. The molecule has 1 atom stereocenters. The molecule has 0 saturated heterocycles. The van der Waals surface area contributed by atoms with E-state index in [1.54, 1.807) is 0 Å². The Bertz CT molecular complexity index is 463. The van der Waals surface area contributed by atoms with Gasteiger partial charge < -0.3 is 10.5 Å². The maximum atomic E-state index is 13.2. The maximum Gasteiger partial charge on any atom is 0.226 e. The number of hydrogen-bond acceptors (Lipinski definition) is 3. The SMILES string of the molecule is COc1c(C(C(N)=O)C2CC2)ncc(F)c1Cl. The Morgan fingerprint density at radius 2 is 2.35 bits per heavy atom. The minimum Gasteiger partial charge on any atom is -0.493 e. The van der Waals surface area contributed by atoms with E-state index in [-0.39, 0.29) is 16.7 Å². The summed E-state index contributed by atoms with van der Waals surface area (Å²) < 4.78 is 18.3. The summed E-state index contributed by atoms with van der Waals surface area (Å²) in [7, 11) is 1.36. The fourth-order valence-electron chi connectivity index (χ4n) is 1.90. The molecule has 1 saturated carbocycles. The number of carbonyl (C=O) groups excluding carboxylic acids is 1. The first kappa shape index (κ1) is 12.1. The fraction of sp³-hybridized carbons (Fsp3) is 0.455. The average molecular weight is 259 g/mol. The Labute approximate surface area is 103 Å². The molecule has 0 radical (unpaired) electrons. The van der Waals surface area contributed by atoms with Gasteiger partial charge in [0.05, 0.1) is 24.9 Å². The third kappa shape index (κ3) is 2.20. The van der Waals surface area contributed by atoms with Gasteiger partial charge in [0.1, 0.15) is 5.02 Å². The highest BCUT2D eigenvalue weighted by Gasteiger charge is 2.39. The van der Waals surface area contributed by atoms with Crippen LogP contribution in [0.2, 0.25) is 5.02 Å². The molecule has 1 aliphatic carbocycles. The summed E-state index contributed by atoms with van der Waals surface area (Å²) in [6.45, 7) is 0. The molecule has 1 aliphatic rings. The molecule has 1 aromatic rings. The maximum absolute atomic E-state index is 13.2. The molecule has 1 amide bonds. The van der Waals surface area contributed by atoms with E-state index in [0.29, 0.717) is 5.69 Å². The van der Waals surface area contributed by atoms with E-state index < -0.39 is 17.6 Å². The molecule has 1 heterocycles. The minimum atomic E-state index is -0.675. The predicted molar refractivity (Wildman–Crippen MR) is 60.4 cm³/mol. The first-order valence-electron chi connectivity index (χ1n) is 5.23. The second-order valence-electron chi connectivity index (χ2n) is 4.06. The molecular weight excluding hydrogens is 247 g/mol. The molecule has 2 rings (SSSR count). The van der Waals surface area contributed by atoms with E-state index in [4.69, 9.17) is 22.1 Å². The van der Waals surface area contributed by atoms with Crippen molar-refractivity contribution in [1.29, 1.82) is 0 Å². The Morgan fingerprint density at radius 1 is 1.71 bits per heavy atom. The molecular formula is C11H12ClFN2O2. The lowest BCUT2D eigenvalue weighted by Crippen LogP contribution is -2.24. The van der Waals surface area contributed by atoms with Crippen LogP contribution in [0.15, 0.2) is 6.20 Å². The third-order valence-electron chi connectivity index (χ3n) is 2.86. The van der Waals surface area contributed by atoms with Gasteiger partial charge in [-0.25, -0.2) is 4.39 Å². The second-order valence-corrected chi connectivity index (χ2v) is 4.43. The molecule has 92 valence electrons. The van der Waals surface area contributed by atoms with Crippen LogP contribution in [-0.4, -0.2) is 18.0 Å². The summed E-state index contributed by atoms with van der Waals surface area (Å²) >= 11 is 5.78. The number of pyridine rings is 1. The number of aromatic nitrogens is 1. The number of ether oxygens (including phenoxy) is 1. The van der Waals surface area contributed by atoms with Gasteiger partial charge in [0.15, 0.2) is 11.6 Å². The van der Waals surface area contributed by atoms with Crippen LogP contribution in [0.1, 0.15) is 24.5 Å². The molecule has 1 unspecified atom stereocenters. The Hall–Kier alpha value is -1.36. The first-order valence-corrected chi connectivity index (χ1v) is 5.61. The van der Waals surface area contributed by atoms with Crippen LogP contribution in [-0.2, 0) is 4.79 Å². The molecule has 1 aromatic heterocycles. The molecule has 6 heteroatoms. The minimum absolute atomic E-state index is 0.0994. The van der Waals surface area contributed by atoms with Gasteiger partial charge in [0.2, 0.25) is 5.91 Å². The van der Waals surface area contributed by atoms with E-state index in [1.807, 2.05) is 0 Å². The fourth-order valence-corrected chi connectivity index (χ4v) is 2.12. The van der Waals surface area contributed by atoms with Crippen molar-refractivity contribution in [2.45, 2.75) is 18.8 Å². The van der Waals surface area contributed by atoms with E-state index in [9.17, 15) is 9.18 Å². The largest absolute Gasteiger partial charge is 0.493 e. The van der Waals surface area contributed by atoms with Crippen LogP contribution in [0.4, 0.5) is 4.39 Å². The van der Waals surface area contributed by atoms with Crippen LogP contribution in [0.25, 0.3) is 0 Å². The third-order valence-corrected chi connectivity index (χ3v) is 3.21. The van der Waals surface area contributed by atoms with Crippen molar-refractivity contribution in [2.75, 3.05) is 7.11 Å². The first-order chi connectivity index (χ1) is 8.06. The highest BCUT2D eigenvalue weighted by atomic mass is 35.5. The Balaban J connectivity index is 2.49. The highest BCUT2D eigenvalue weighted by Crippen LogP contribution is 2.45. The molecule has 1 fully saturated rings. The van der Waals surface area contributed by atoms with Crippen LogP contribution < -0.4 is 10.5 Å². The standard InChI is InChI=1S/C11H12ClFN2O2/c1-17-10-8(12)6(13)4-15-9(10)7(11(14)16)5-2-3-5/h4-5,7H,2-3H2,1H3,(H2,14,16). The summed E-state index contributed by atoms with van der Waals surface area (Å²) in [5.74, 6) is -1.45. The van der Waals surface area contributed by atoms with Gasteiger partial charge in [0, 0.05) is 0 Å². The normalized spacial score (nSPS) is 16.6. The number of hydrogen-bond donors (Lipinski definition) is 1. The molecule has 0 spiro atoms. The van der Waals surface area contributed by atoms with E-state index in [1.165, 1.54) is 7.11 Å². The van der Waals surface area contributed by atoms with Gasteiger partial charge in [-0.2, -0.15) is 0 Å². The van der Waals surface area contributed by atoms with Crippen LogP contribution in [0.5, 0.6) is 5.75 Å². The van der Waals surface area contributed by atoms with Gasteiger partial charge in [-0.15, -0.1) is 0 Å². The summed E-state index contributed by atoms with van der Waals surface area (Å²) in [4.78, 5) is 15.3. The lowest BCUT2D eigenvalue weighted by Gasteiger charge is -2.16. The van der Waals surface area contributed by atoms with Crippen molar-refractivity contribution in [1.82, 2.24) is 4.98 Å². The topological polar surface area (TPSA) is 65.2 Å². The summed E-state index contributed by atoms with van der Waals surface area (Å²) in [5.41, 5.74) is 5.68. The summed E-state index contributed by atoms with van der Waals surface area (Å²) in [6, 6.07) is 0. The number of primary amides is 1. The number of rotatable bonds is 4. The van der Waals surface area contributed by atoms with Crippen LogP contribution in [0.3, 0.4) is 0 Å². The van der Waals surface area contributed by atoms with E-state index in [2.05, 4.69) is 4.98 Å². The molecule has 17 heavy (non-hydrogen) atoms. The van der Waals surface area contributed by atoms with Crippen molar-refractivity contribution in [3.05, 3.63) is 22.7 Å². The number of nitrogens with zero attached hydrogens (tertiary/aromatic N) is 1. The van der Waals surface area contributed by atoms with Crippen molar-refractivity contribution in [2.24, 2.45) is 11.7 Å². The van der Waals surface area contributed by atoms with Crippen LogP contribution in [0, 0.1) is 11.7 Å². The number of methoxy groups -OCH3 is 1. The number of carbonyl (C=O) groups is 1. The number of amides is 1. The number of halogens is 2. The average Bonchev–Trinajstić information content (AvgIpc) is 3.08. The number of nitrogens with two attached hydrogens (primary N) is 1. The molecule has 2 N–H and O–H groups in total. The van der Waals surface area contributed by atoms with Crippen molar-refractivity contribution >= 4 is 17.5 Å². The van der Waals surface area contributed by atoms with Crippen LogP contribution >= 0.6 is 11.6 Å². The lowest BCUT2D eigenvalue weighted by molar-refractivity contribution is -0.120. The van der Waals surface area contributed by atoms with Gasteiger partial charge in [0.25, 0.3) is 0 Å². The van der Waals surface area contributed by atoms with E-state index >= 15 is 0 Å². The second kappa shape index (κ2) is 4.49. The summed E-state index contributed by atoms with van der Waals surface area (Å²) in [5, 5.41) is -0.163. The van der Waals surface area contributed by atoms with Crippen molar-refractivity contribution < 1.29 is 13.9 Å². The Morgan fingerprint density at radius 3 is 2.82 bits per heavy atom. The van der Waals surface area contributed by atoms with Gasteiger partial charge in [-0.1, -0.05) is 11.6 Å². The molecule has 0 aromatic carbocycles. The summed E-state index contributed by atoms with van der Waals surface area (Å²) in [6.07, 6.45) is 2.80. The quantitative estimate of drug-likeness (QED) is 0.897. The molecule has 0 bridgehead atoms. The zero-order chi connectivity index (χ0) is 12.6. The highest BCUT2D eigenvalue weighted by molar-refractivity contribution is 6.32. The van der Waals surface area contributed by atoms with Gasteiger partial charge in [-0.05, 0) is 18.8 Å². The Kier molecular flexibility index (Phi) is 3.19. The zero-order valence-corrected chi connectivity index (χ0v) is 10.00. The van der Waals surface area contributed by atoms with Gasteiger partial charge >= 0.3 is 0 Å². The smallest absolute Gasteiger partial charge is 0.226 e. The monoisotopic (exact) mass is 258 g/mol. The van der Waals surface area contributed by atoms with Crippen molar-refractivity contribution in [3.8, 4) is 5.75 Å². The van der Waals surface area contributed by atoms with Gasteiger partial charge in [-0.3, -0.25) is 9.78 Å².